The topological polar surface area (TPSA) is 79.8 Å². The van der Waals surface area contributed by atoms with E-state index in [4.69, 9.17) is 0 Å². The van der Waals surface area contributed by atoms with Crippen LogP contribution in [0.25, 0.3) is 11.4 Å². The van der Waals surface area contributed by atoms with Crippen LogP contribution >= 0.6 is 0 Å². The van der Waals surface area contributed by atoms with Crippen LogP contribution in [0, 0.1) is 0 Å². The summed E-state index contributed by atoms with van der Waals surface area (Å²) in [6.07, 6.45) is 3.49. The second-order valence-electron chi connectivity index (χ2n) is 6.71. The summed E-state index contributed by atoms with van der Waals surface area (Å²) in [5, 5.41) is 6.21. The van der Waals surface area contributed by atoms with Gasteiger partial charge in [0.05, 0.1) is 0 Å². The number of nitrogens with zero attached hydrogens (tertiary/aromatic N) is 3. The van der Waals surface area contributed by atoms with Crippen molar-refractivity contribution in [2.75, 3.05) is 5.32 Å². The number of amides is 1. The van der Waals surface area contributed by atoms with Crippen molar-refractivity contribution in [1.82, 2.24) is 20.3 Å². The maximum absolute atomic E-state index is 12.8. The molecule has 6 heteroatoms. The van der Waals surface area contributed by atoms with Crippen LogP contribution in [0.1, 0.15) is 21.6 Å². The Balaban J connectivity index is 1.57. The van der Waals surface area contributed by atoms with Gasteiger partial charge in [-0.05, 0) is 23.3 Å². The molecule has 148 valence electrons. The van der Waals surface area contributed by atoms with E-state index in [0.717, 1.165) is 16.7 Å². The Morgan fingerprint density at radius 1 is 0.767 bits per heavy atom. The average Bonchev–Trinajstić information content (AvgIpc) is 2.83. The van der Waals surface area contributed by atoms with Crippen molar-refractivity contribution in [3.63, 3.8) is 0 Å². The lowest BCUT2D eigenvalue weighted by molar-refractivity contribution is 0.0946. The number of rotatable bonds is 7. The van der Waals surface area contributed by atoms with E-state index in [1.807, 2.05) is 72.8 Å². The minimum atomic E-state index is -0.245. The minimum absolute atomic E-state index is 0.245. The van der Waals surface area contributed by atoms with Crippen LogP contribution in [0.3, 0.4) is 0 Å². The van der Waals surface area contributed by atoms with Gasteiger partial charge >= 0.3 is 0 Å². The van der Waals surface area contributed by atoms with Gasteiger partial charge in [-0.15, -0.1) is 0 Å². The lowest BCUT2D eigenvalue weighted by atomic mass is 10.2. The Morgan fingerprint density at radius 3 is 2.17 bits per heavy atom. The zero-order valence-corrected chi connectivity index (χ0v) is 16.3. The van der Waals surface area contributed by atoms with Crippen LogP contribution in [0.5, 0.6) is 0 Å². The molecule has 0 aliphatic rings. The molecule has 0 saturated heterocycles. The predicted octanol–water partition coefficient (Wildman–Crippen LogP) is 4.08. The molecule has 2 N–H and O–H groups in total. The molecule has 2 aromatic heterocycles. The Labute approximate surface area is 175 Å². The fourth-order valence-corrected chi connectivity index (χ4v) is 2.93. The predicted molar refractivity (Wildman–Crippen MR) is 117 cm³/mol. The molecule has 0 aliphatic heterocycles. The van der Waals surface area contributed by atoms with Crippen molar-refractivity contribution < 1.29 is 4.79 Å². The number of anilines is 1. The van der Waals surface area contributed by atoms with Crippen LogP contribution in [0.15, 0.2) is 91.3 Å². The first kappa shape index (κ1) is 19.3. The molecule has 0 radical (unpaired) electrons. The van der Waals surface area contributed by atoms with Gasteiger partial charge in [0.2, 0.25) is 0 Å². The van der Waals surface area contributed by atoms with Gasteiger partial charge in [0.25, 0.3) is 5.91 Å². The molecule has 6 nitrogen and oxygen atoms in total. The highest BCUT2D eigenvalue weighted by atomic mass is 16.1. The number of aromatic nitrogens is 3. The van der Waals surface area contributed by atoms with E-state index >= 15 is 0 Å². The van der Waals surface area contributed by atoms with Crippen molar-refractivity contribution in [2.24, 2.45) is 0 Å². The maximum Gasteiger partial charge on any atom is 0.270 e. The summed E-state index contributed by atoms with van der Waals surface area (Å²) in [5.41, 5.74) is 3.26. The number of hydrogen-bond acceptors (Lipinski definition) is 5. The first-order chi connectivity index (χ1) is 14.8. The quantitative estimate of drug-likeness (QED) is 0.493. The molecule has 0 aliphatic carbocycles. The molecule has 0 fully saturated rings. The Kier molecular flexibility index (Phi) is 6.05. The molecule has 0 bridgehead atoms. The van der Waals surface area contributed by atoms with Crippen molar-refractivity contribution in [2.45, 2.75) is 13.1 Å². The van der Waals surface area contributed by atoms with Gasteiger partial charge in [0, 0.05) is 37.1 Å². The van der Waals surface area contributed by atoms with Gasteiger partial charge in [-0.2, -0.15) is 0 Å². The highest BCUT2D eigenvalue weighted by Gasteiger charge is 2.13. The molecule has 0 saturated carbocycles. The Morgan fingerprint density at radius 2 is 1.43 bits per heavy atom. The second kappa shape index (κ2) is 9.43. The molecule has 0 unspecified atom stereocenters. The Hall–Kier alpha value is -4.06. The summed E-state index contributed by atoms with van der Waals surface area (Å²) >= 11 is 0. The largest absolute Gasteiger partial charge is 0.366 e. The fourth-order valence-electron chi connectivity index (χ4n) is 2.93. The van der Waals surface area contributed by atoms with E-state index in [-0.39, 0.29) is 5.91 Å². The van der Waals surface area contributed by atoms with E-state index in [2.05, 4.69) is 25.6 Å². The van der Waals surface area contributed by atoms with Gasteiger partial charge < -0.3 is 10.6 Å². The zero-order valence-electron chi connectivity index (χ0n) is 16.3. The molecule has 4 aromatic rings. The smallest absolute Gasteiger partial charge is 0.270 e. The summed E-state index contributed by atoms with van der Waals surface area (Å²) in [6, 6.07) is 24.9. The lowest BCUT2D eigenvalue weighted by Gasteiger charge is -2.11. The van der Waals surface area contributed by atoms with Crippen LogP contribution in [0.4, 0.5) is 5.82 Å². The third-order valence-electron chi connectivity index (χ3n) is 4.51. The molecule has 4 rings (SSSR count). The van der Waals surface area contributed by atoms with Gasteiger partial charge in [0.15, 0.2) is 5.82 Å². The number of pyridine rings is 1. The number of carbonyl (C=O) groups is 1. The lowest BCUT2D eigenvalue weighted by Crippen LogP contribution is -2.24. The molecular formula is C24H21N5O. The number of nitrogens with one attached hydrogen (secondary N) is 2. The van der Waals surface area contributed by atoms with Crippen LogP contribution in [-0.2, 0) is 13.1 Å². The van der Waals surface area contributed by atoms with Gasteiger partial charge in [-0.25, -0.2) is 9.97 Å². The molecule has 2 aromatic carbocycles. The SMILES string of the molecule is O=C(NCc1ccccc1)c1cc(NCc2ccncc2)nc(-c2ccccc2)n1. The van der Waals surface area contributed by atoms with Crippen LogP contribution in [-0.4, -0.2) is 20.9 Å². The standard InChI is InChI=1S/C24H21N5O/c30-24(27-17-18-7-3-1-4-8-18)21-15-22(26-16-19-11-13-25-14-12-19)29-23(28-21)20-9-5-2-6-10-20/h1-15H,16-17H2,(H,27,30)(H,26,28,29). The highest BCUT2D eigenvalue weighted by molar-refractivity contribution is 5.93. The fraction of sp³-hybridized carbons (Fsp3) is 0.0833. The number of hydrogen-bond donors (Lipinski definition) is 2. The van der Waals surface area contributed by atoms with Gasteiger partial charge in [-0.1, -0.05) is 60.7 Å². The molecule has 0 spiro atoms. The second-order valence-corrected chi connectivity index (χ2v) is 6.71. The van der Waals surface area contributed by atoms with E-state index < -0.39 is 0 Å². The zero-order chi connectivity index (χ0) is 20.6. The average molecular weight is 395 g/mol. The van der Waals surface area contributed by atoms with Crippen molar-refractivity contribution in [3.05, 3.63) is 108 Å². The Bertz CT molecular complexity index is 1100. The van der Waals surface area contributed by atoms with E-state index in [0.29, 0.717) is 30.4 Å². The molecular weight excluding hydrogens is 374 g/mol. The van der Waals surface area contributed by atoms with E-state index in [1.165, 1.54) is 0 Å². The van der Waals surface area contributed by atoms with Crippen LogP contribution in [0.2, 0.25) is 0 Å². The third kappa shape index (κ3) is 5.05. The van der Waals surface area contributed by atoms with Crippen LogP contribution < -0.4 is 10.6 Å². The normalized spacial score (nSPS) is 10.4. The van der Waals surface area contributed by atoms with Crippen molar-refractivity contribution in [1.29, 1.82) is 0 Å². The minimum Gasteiger partial charge on any atom is -0.366 e. The van der Waals surface area contributed by atoms with Gasteiger partial charge in [0.1, 0.15) is 11.5 Å². The summed E-state index contributed by atoms with van der Waals surface area (Å²) < 4.78 is 0. The van der Waals surface area contributed by atoms with Crippen molar-refractivity contribution in [3.8, 4) is 11.4 Å². The first-order valence-electron chi connectivity index (χ1n) is 9.67. The summed E-state index contributed by atoms with van der Waals surface area (Å²) in [5.74, 6) is 0.844. The molecule has 2 heterocycles. The molecule has 1 amide bonds. The summed E-state index contributed by atoms with van der Waals surface area (Å²) in [7, 11) is 0. The maximum atomic E-state index is 12.8. The van der Waals surface area contributed by atoms with E-state index in [1.54, 1.807) is 18.5 Å². The van der Waals surface area contributed by atoms with Crippen molar-refractivity contribution >= 4 is 11.7 Å². The number of carbonyl (C=O) groups excluding carboxylic acids is 1. The van der Waals surface area contributed by atoms with Gasteiger partial charge in [-0.3, -0.25) is 9.78 Å². The summed E-state index contributed by atoms with van der Waals surface area (Å²) in [6.45, 7) is 1.00. The molecule has 30 heavy (non-hydrogen) atoms. The number of benzene rings is 2. The summed E-state index contributed by atoms with van der Waals surface area (Å²) in [4.78, 5) is 25.9. The molecule has 0 atom stereocenters. The monoisotopic (exact) mass is 395 g/mol. The van der Waals surface area contributed by atoms with E-state index in [9.17, 15) is 4.79 Å². The highest BCUT2D eigenvalue weighted by Crippen LogP contribution is 2.18. The third-order valence-corrected chi connectivity index (χ3v) is 4.51. The first-order valence-corrected chi connectivity index (χ1v) is 9.67.